The minimum Gasteiger partial charge on any atom is -0.390 e. The highest BCUT2D eigenvalue weighted by Gasteiger charge is 2.41. The van der Waals surface area contributed by atoms with Crippen molar-refractivity contribution in [2.45, 2.75) is 43.5 Å². The molecule has 1 aromatic carbocycles. The van der Waals surface area contributed by atoms with Crippen LogP contribution >= 0.6 is 0 Å². The van der Waals surface area contributed by atoms with E-state index in [0.29, 0.717) is 19.6 Å². The first-order valence-corrected chi connectivity index (χ1v) is 7.75. The van der Waals surface area contributed by atoms with Crippen molar-refractivity contribution in [2.24, 2.45) is 0 Å². The molecule has 116 valence electrons. The highest BCUT2D eigenvalue weighted by Crippen LogP contribution is 2.36. The van der Waals surface area contributed by atoms with Gasteiger partial charge in [0.25, 0.3) is 0 Å². The summed E-state index contributed by atoms with van der Waals surface area (Å²) < 4.78 is 17.0. The van der Waals surface area contributed by atoms with Crippen LogP contribution in [0.2, 0.25) is 0 Å². The SMILES string of the molecule is COC1(C(O)CC2OCCc3ccccc32)CCOCC1. The fraction of sp³-hybridized carbons (Fsp3) is 0.647. The van der Waals surface area contributed by atoms with Crippen molar-refractivity contribution in [3.05, 3.63) is 35.4 Å². The van der Waals surface area contributed by atoms with Crippen LogP contribution in [0.15, 0.2) is 24.3 Å². The number of hydrogen-bond donors (Lipinski definition) is 1. The molecule has 2 aliphatic heterocycles. The molecule has 0 spiro atoms. The minimum atomic E-state index is -0.539. The number of ether oxygens (including phenoxy) is 3. The second kappa shape index (κ2) is 6.44. The molecule has 2 aliphatic rings. The fourth-order valence-electron chi connectivity index (χ4n) is 3.48. The summed E-state index contributed by atoms with van der Waals surface area (Å²) in [5.41, 5.74) is 2.05. The van der Waals surface area contributed by atoms with Crippen LogP contribution in [0, 0.1) is 0 Å². The van der Waals surface area contributed by atoms with Crippen molar-refractivity contribution < 1.29 is 19.3 Å². The summed E-state index contributed by atoms with van der Waals surface area (Å²) >= 11 is 0. The smallest absolute Gasteiger partial charge is 0.0981 e. The molecule has 4 heteroatoms. The van der Waals surface area contributed by atoms with E-state index in [1.807, 2.05) is 6.07 Å². The summed E-state index contributed by atoms with van der Waals surface area (Å²) in [4.78, 5) is 0. The van der Waals surface area contributed by atoms with E-state index < -0.39 is 11.7 Å². The highest BCUT2D eigenvalue weighted by atomic mass is 16.5. The van der Waals surface area contributed by atoms with Crippen molar-refractivity contribution in [2.75, 3.05) is 26.9 Å². The maximum atomic E-state index is 10.7. The molecule has 3 rings (SSSR count). The Bertz CT molecular complexity index is 468. The van der Waals surface area contributed by atoms with Crippen LogP contribution in [-0.2, 0) is 20.6 Å². The van der Waals surface area contributed by atoms with E-state index in [9.17, 15) is 5.11 Å². The molecule has 0 aromatic heterocycles. The summed E-state index contributed by atoms with van der Waals surface area (Å²) in [5, 5.41) is 10.7. The molecule has 21 heavy (non-hydrogen) atoms. The number of methoxy groups -OCH3 is 1. The molecular formula is C17H24O4. The standard InChI is InChI=1S/C17H24O4/c1-19-17(7-10-20-11-8-17)16(18)12-15-14-5-3-2-4-13(14)6-9-21-15/h2-5,15-16,18H,6-12H2,1H3. The van der Waals surface area contributed by atoms with Gasteiger partial charge in [-0.3, -0.25) is 0 Å². The lowest BCUT2D eigenvalue weighted by Crippen LogP contribution is -2.49. The maximum Gasteiger partial charge on any atom is 0.0981 e. The molecular weight excluding hydrogens is 268 g/mol. The monoisotopic (exact) mass is 292 g/mol. The summed E-state index contributed by atoms with van der Waals surface area (Å²) in [6, 6.07) is 8.35. The Balaban J connectivity index is 1.74. The molecule has 0 aliphatic carbocycles. The van der Waals surface area contributed by atoms with Crippen LogP contribution in [-0.4, -0.2) is 43.7 Å². The van der Waals surface area contributed by atoms with Gasteiger partial charge in [0, 0.05) is 39.6 Å². The third-order valence-electron chi connectivity index (χ3n) is 4.88. The lowest BCUT2D eigenvalue weighted by molar-refractivity contribution is -0.163. The first-order chi connectivity index (χ1) is 10.2. The third kappa shape index (κ3) is 2.99. The van der Waals surface area contributed by atoms with Crippen molar-refractivity contribution >= 4 is 0 Å². The van der Waals surface area contributed by atoms with Crippen LogP contribution < -0.4 is 0 Å². The predicted molar refractivity (Wildman–Crippen MR) is 79.3 cm³/mol. The van der Waals surface area contributed by atoms with Crippen LogP contribution in [0.3, 0.4) is 0 Å². The molecule has 1 N–H and O–H groups in total. The Morgan fingerprint density at radius 1 is 1.29 bits per heavy atom. The first kappa shape index (κ1) is 15.0. The molecule has 0 radical (unpaired) electrons. The van der Waals surface area contributed by atoms with Crippen molar-refractivity contribution in [3.63, 3.8) is 0 Å². The van der Waals surface area contributed by atoms with Crippen molar-refractivity contribution in [1.82, 2.24) is 0 Å². The Kier molecular flexibility index (Phi) is 4.60. The van der Waals surface area contributed by atoms with Gasteiger partial charge in [-0.25, -0.2) is 0 Å². The summed E-state index contributed by atoms with van der Waals surface area (Å²) in [6.07, 6.45) is 2.41. The molecule has 0 saturated carbocycles. The van der Waals surface area contributed by atoms with Gasteiger partial charge >= 0.3 is 0 Å². The number of hydrogen-bond acceptors (Lipinski definition) is 4. The second-order valence-electron chi connectivity index (χ2n) is 5.94. The largest absolute Gasteiger partial charge is 0.390 e. The Morgan fingerprint density at radius 2 is 2.05 bits per heavy atom. The molecule has 4 nitrogen and oxygen atoms in total. The summed E-state index contributed by atoms with van der Waals surface area (Å²) in [7, 11) is 1.68. The number of rotatable bonds is 4. The van der Waals surface area contributed by atoms with Gasteiger partial charge in [0.05, 0.1) is 24.4 Å². The molecule has 1 aromatic rings. The molecule has 1 fully saturated rings. The van der Waals surface area contributed by atoms with E-state index in [1.54, 1.807) is 7.11 Å². The normalized spacial score (nSPS) is 26.1. The van der Waals surface area contributed by atoms with Gasteiger partial charge in [-0.05, 0) is 17.5 Å². The van der Waals surface area contributed by atoms with Crippen molar-refractivity contribution in [1.29, 1.82) is 0 Å². The lowest BCUT2D eigenvalue weighted by atomic mass is 9.83. The van der Waals surface area contributed by atoms with Gasteiger partial charge in [-0.1, -0.05) is 24.3 Å². The minimum absolute atomic E-state index is 0.0418. The van der Waals surface area contributed by atoms with E-state index in [2.05, 4.69) is 18.2 Å². The summed E-state index contributed by atoms with van der Waals surface area (Å²) in [6.45, 7) is 2.01. The number of fused-ring (bicyclic) bond motifs is 1. The van der Waals surface area contributed by atoms with Gasteiger partial charge in [0.1, 0.15) is 0 Å². The van der Waals surface area contributed by atoms with E-state index in [1.165, 1.54) is 11.1 Å². The molecule has 0 bridgehead atoms. The van der Waals surface area contributed by atoms with Gasteiger partial charge < -0.3 is 19.3 Å². The second-order valence-corrected chi connectivity index (χ2v) is 5.94. The van der Waals surface area contributed by atoms with Gasteiger partial charge in [0.2, 0.25) is 0 Å². The first-order valence-electron chi connectivity index (χ1n) is 7.75. The topological polar surface area (TPSA) is 47.9 Å². The molecule has 2 atom stereocenters. The number of aliphatic hydroxyl groups is 1. The Labute approximate surface area is 126 Å². The predicted octanol–water partition coefficient (Wildman–Crippen LogP) is 2.25. The molecule has 2 heterocycles. The zero-order chi connectivity index (χ0) is 14.7. The average molecular weight is 292 g/mol. The van der Waals surface area contributed by atoms with Crippen molar-refractivity contribution in [3.8, 4) is 0 Å². The van der Waals surface area contributed by atoms with Gasteiger partial charge in [0.15, 0.2) is 0 Å². The quantitative estimate of drug-likeness (QED) is 0.924. The summed E-state index contributed by atoms with van der Waals surface area (Å²) in [5.74, 6) is 0. The van der Waals surface area contributed by atoms with Crippen LogP contribution in [0.5, 0.6) is 0 Å². The van der Waals surface area contributed by atoms with E-state index in [0.717, 1.165) is 25.9 Å². The molecule has 2 unspecified atom stereocenters. The average Bonchev–Trinajstić information content (AvgIpc) is 2.56. The highest BCUT2D eigenvalue weighted by molar-refractivity contribution is 5.31. The zero-order valence-electron chi connectivity index (χ0n) is 12.6. The van der Waals surface area contributed by atoms with E-state index in [4.69, 9.17) is 14.2 Å². The Morgan fingerprint density at radius 3 is 2.81 bits per heavy atom. The fourth-order valence-corrected chi connectivity index (χ4v) is 3.48. The van der Waals surface area contributed by atoms with Crippen LogP contribution in [0.25, 0.3) is 0 Å². The zero-order valence-corrected chi connectivity index (χ0v) is 12.6. The van der Waals surface area contributed by atoms with E-state index >= 15 is 0 Å². The van der Waals surface area contributed by atoms with Crippen LogP contribution in [0.1, 0.15) is 36.5 Å². The molecule has 0 amide bonds. The van der Waals surface area contributed by atoms with E-state index in [-0.39, 0.29) is 6.10 Å². The van der Waals surface area contributed by atoms with Crippen LogP contribution in [0.4, 0.5) is 0 Å². The van der Waals surface area contributed by atoms with Gasteiger partial charge in [-0.15, -0.1) is 0 Å². The lowest BCUT2D eigenvalue weighted by Gasteiger charge is -2.41. The third-order valence-corrected chi connectivity index (χ3v) is 4.88. The van der Waals surface area contributed by atoms with Gasteiger partial charge in [-0.2, -0.15) is 0 Å². The molecule has 1 saturated heterocycles. The maximum absolute atomic E-state index is 10.7. The number of aliphatic hydroxyl groups excluding tert-OH is 1. The Hall–Kier alpha value is -0.940. The number of benzene rings is 1.